The first kappa shape index (κ1) is 6.11. The highest BCUT2D eigenvalue weighted by Crippen LogP contribution is 2.04. The summed E-state index contributed by atoms with van der Waals surface area (Å²) in [6, 6.07) is 0. The fourth-order valence-electron chi connectivity index (χ4n) is 0.466. The first-order chi connectivity index (χ1) is 3.93. The van der Waals surface area contributed by atoms with Crippen LogP contribution in [0.4, 0.5) is 0 Å². The Morgan fingerprint density at radius 3 is 3.00 bits per heavy atom. The summed E-state index contributed by atoms with van der Waals surface area (Å²) in [6.45, 7) is 0.663. The van der Waals surface area contributed by atoms with E-state index in [1.807, 2.05) is 6.08 Å². The van der Waals surface area contributed by atoms with Gasteiger partial charge in [-0.2, -0.15) is 0 Å². The molecule has 8 heavy (non-hydrogen) atoms. The van der Waals surface area contributed by atoms with Crippen molar-refractivity contribution in [3.63, 3.8) is 0 Å². The quantitative estimate of drug-likeness (QED) is 0.564. The van der Waals surface area contributed by atoms with Gasteiger partial charge in [-0.05, 0) is 6.08 Å². The minimum atomic E-state index is -0.0833. The molecular weight excluding hydrogens is 172 g/mol. The summed E-state index contributed by atoms with van der Waals surface area (Å²) < 4.78 is 10.0. The van der Waals surface area contributed by atoms with E-state index < -0.39 is 0 Å². The van der Waals surface area contributed by atoms with E-state index in [0.29, 0.717) is 6.61 Å². The van der Waals surface area contributed by atoms with Crippen LogP contribution in [0.15, 0.2) is 12.3 Å². The van der Waals surface area contributed by atoms with Crippen molar-refractivity contribution in [2.75, 3.05) is 11.9 Å². The van der Waals surface area contributed by atoms with E-state index in [0.717, 1.165) is 5.33 Å². The van der Waals surface area contributed by atoms with Gasteiger partial charge in [0.15, 0.2) is 0 Å². The van der Waals surface area contributed by atoms with E-state index in [2.05, 4.69) is 15.9 Å². The van der Waals surface area contributed by atoms with Gasteiger partial charge in [-0.25, -0.2) is 0 Å². The fourth-order valence-corrected chi connectivity index (χ4v) is 0.805. The molecule has 0 bridgehead atoms. The van der Waals surface area contributed by atoms with E-state index in [1.54, 1.807) is 6.26 Å². The average Bonchev–Trinajstić information content (AvgIpc) is 1.90. The monoisotopic (exact) mass is 178 g/mol. The second-order valence-corrected chi connectivity index (χ2v) is 2.07. The van der Waals surface area contributed by atoms with Gasteiger partial charge in [0, 0.05) is 0 Å². The predicted octanol–water partition coefficient (Wildman–Crippen LogP) is 1.27. The van der Waals surface area contributed by atoms with Crippen molar-refractivity contribution < 1.29 is 9.47 Å². The summed E-state index contributed by atoms with van der Waals surface area (Å²) >= 11 is 3.23. The van der Waals surface area contributed by atoms with Crippen LogP contribution in [-0.2, 0) is 9.47 Å². The summed E-state index contributed by atoms with van der Waals surface area (Å²) in [4.78, 5) is 0. The summed E-state index contributed by atoms with van der Waals surface area (Å²) in [6.07, 6.45) is 3.41. The number of rotatable bonds is 1. The van der Waals surface area contributed by atoms with Crippen molar-refractivity contribution in [2.24, 2.45) is 0 Å². The molecule has 1 atom stereocenters. The molecule has 0 radical (unpaired) electrons. The smallest absolute Gasteiger partial charge is 0.208 e. The zero-order chi connectivity index (χ0) is 5.82. The first-order valence-corrected chi connectivity index (χ1v) is 3.53. The molecule has 0 aromatic rings. The summed E-state index contributed by atoms with van der Waals surface area (Å²) in [7, 11) is 0. The van der Waals surface area contributed by atoms with Crippen molar-refractivity contribution in [1.82, 2.24) is 0 Å². The third kappa shape index (κ3) is 1.49. The lowest BCUT2D eigenvalue weighted by atomic mass is 10.6. The average molecular weight is 179 g/mol. The molecule has 1 unspecified atom stereocenters. The van der Waals surface area contributed by atoms with Crippen LogP contribution < -0.4 is 0 Å². The third-order valence-electron chi connectivity index (χ3n) is 0.831. The van der Waals surface area contributed by atoms with Gasteiger partial charge in [-0.15, -0.1) is 0 Å². The highest BCUT2D eigenvalue weighted by molar-refractivity contribution is 9.09. The fraction of sp³-hybridized carbons (Fsp3) is 0.600. The largest absolute Gasteiger partial charge is 0.472 e. The Labute approximate surface area is 56.6 Å². The molecule has 0 aromatic heterocycles. The molecule has 0 spiro atoms. The lowest BCUT2D eigenvalue weighted by Crippen LogP contribution is -2.19. The molecule has 1 rings (SSSR count). The molecule has 2 nitrogen and oxygen atoms in total. The van der Waals surface area contributed by atoms with Crippen LogP contribution in [0.5, 0.6) is 0 Å². The lowest BCUT2D eigenvalue weighted by molar-refractivity contribution is -0.0926. The normalized spacial score (nSPS) is 27.4. The number of hydrogen-bond acceptors (Lipinski definition) is 2. The Kier molecular flexibility index (Phi) is 2.36. The Morgan fingerprint density at radius 1 is 1.75 bits per heavy atom. The van der Waals surface area contributed by atoms with Gasteiger partial charge in [0.2, 0.25) is 6.29 Å². The SMILES string of the molecule is BrCC1OC=CCO1. The van der Waals surface area contributed by atoms with Crippen LogP contribution in [0, 0.1) is 0 Å². The molecule has 1 heterocycles. The van der Waals surface area contributed by atoms with E-state index in [1.165, 1.54) is 0 Å². The third-order valence-corrected chi connectivity index (χ3v) is 1.36. The Balaban J connectivity index is 2.27. The number of alkyl halides is 1. The zero-order valence-corrected chi connectivity index (χ0v) is 5.93. The molecule has 3 heteroatoms. The standard InChI is InChI=1S/C5H7BrO2/c6-4-5-7-2-1-3-8-5/h1-2,5H,3-4H2. The summed E-state index contributed by atoms with van der Waals surface area (Å²) in [5.74, 6) is 0. The molecule has 0 aliphatic carbocycles. The molecule has 0 fully saturated rings. The van der Waals surface area contributed by atoms with Crippen molar-refractivity contribution in [2.45, 2.75) is 6.29 Å². The second-order valence-electron chi connectivity index (χ2n) is 1.43. The topological polar surface area (TPSA) is 18.5 Å². The zero-order valence-electron chi connectivity index (χ0n) is 4.34. The molecule has 1 aliphatic heterocycles. The molecule has 46 valence electrons. The molecular formula is C5H7BrO2. The predicted molar refractivity (Wildman–Crippen MR) is 33.8 cm³/mol. The van der Waals surface area contributed by atoms with Crippen LogP contribution in [0.25, 0.3) is 0 Å². The van der Waals surface area contributed by atoms with E-state index in [-0.39, 0.29) is 6.29 Å². The van der Waals surface area contributed by atoms with Gasteiger partial charge >= 0.3 is 0 Å². The maximum atomic E-state index is 5.07. The van der Waals surface area contributed by atoms with Gasteiger partial charge in [0.25, 0.3) is 0 Å². The van der Waals surface area contributed by atoms with Crippen LogP contribution in [0.1, 0.15) is 0 Å². The van der Waals surface area contributed by atoms with Gasteiger partial charge in [0.1, 0.15) is 0 Å². The van der Waals surface area contributed by atoms with Gasteiger partial charge in [-0.3, -0.25) is 0 Å². The van der Waals surface area contributed by atoms with Crippen molar-refractivity contribution in [3.8, 4) is 0 Å². The molecule has 0 saturated carbocycles. The number of ether oxygens (including phenoxy) is 2. The maximum Gasteiger partial charge on any atom is 0.208 e. The Hall–Kier alpha value is -0.0200. The summed E-state index contributed by atoms with van der Waals surface area (Å²) in [5, 5.41) is 0.733. The Bertz CT molecular complexity index is 92.4. The van der Waals surface area contributed by atoms with E-state index in [9.17, 15) is 0 Å². The van der Waals surface area contributed by atoms with Crippen LogP contribution in [-0.4, -0.2) is 18.2 Å². The Morgan fingerprint density at radius 2 is 2.62 bits per heavy atom. The van der Waals surface area contributed by atoms with Crippen LogP contribution in [0.3, 0.4) is 0 Å². The molecule has 0 N–H and O–H groups in total. The van der Waals surface area contributed by atoms with Crippen molar-refractivity contribution >= 4 is 15.9 Å². The lowest BCUT2D eigenvalue weighted by Gasteiger charge is -2.16. The molecule has 0 amide bonds. The van der Waals surface area contributed by atoms with Crippen LogP contribution in [0.2, 0.25) is 0 Å². The molecule has 1 aliphatic rings. The molecule has 0 aromatic carbocycles. The minimum absolute atomic E-state index is 0.0833. The van der Waals surface area contributed by atoms with Crippen molar-refractivity contribution in [1.29, 1.82) is 0 Å². The van der Waals surface area contributed by atoms with Gasteiger partial charge < -0.3 is 9.47 Å². The minimum Gasteiger partial charge on any atom is -0.472 e. The van der Waals surface area contributed by atoms with Crippen molar-refractivity contribution in [3.05, 3.63) is 12.3 Å². The second kappa shape index (κ2) is 3.10. The first-order valence-electron chi connectivity index (χ1n) is 2.41. The van der Waals surface area contributed by atoms with E-state index >= 15 is 0 Å². The number of hydrogen-bond donors (Lipinski definition) is 0. The van der Waals surface area contributed by atoms with E-state index in [4.69, 9.17) is 9.47 Å². The van der Waals surface area contributed by atoms with Crippen LogP contribution >= 0.6 is 15.9 Å². The highest BCUT2D eigenvalue weighted by Gasteiger charge is 2.06. The highest BCUT2D eigenvalue weighted by atomic mass is 79.9. The van der Waals surface area contributed by atoms with Gasteiger partial charge in [0.05, 0.1) is 18.2 Å². The summed E-state index contributed by atoms with van der Waals surface area (Å²) in [5.41, 5.74) is 0. The molecule has 0 saturated heterocycles. The maximum absolute atomic E-state index is 5.07. The number of halogens is 1. The van der Waals surface area contributed by atoms with Gasteiger partial charge in [-0.1, -0.05) is 15.9 Å².